The molecule has 11 heteroatoms. The Morgan fingerprint density at radius 3 is 2.63 bits per heavy atom. The molecular formula is C19H21FN4O5S. The number of carbonyl (C=O) groups excluding carboxylic acids is 1. The van der Waals surface area contributed by atoms with E-state index in [1.807, 2.05) is 0 Å². The highest BCUT2D eigenvalue weighted by atomic mass is 32.2. The number of aliphatic hydroxyl groups excluding tert-OH is 1. The van der Waals surface area contributed by atoms with E-state index in [1.54, 1.807) is 18.3 Å². The summed E-state index contributed by atoms with van der Waals surface area (Å²) in [4.78, 5) is 19.8. The van der Waals surface area contributed by atoms with Crippen LogP contribution < -0.4 is 10.0 Å². The number of aromatic nitrogens is 2. The summed E-state index contributed by atoms with van der Waals surface area (Å²) >= 11 is 0. The molecule has 0 aliphatic carbocycles. The Bertz CT molecular complexity index is 986. The quantitative estimate of drug-likeness (QED) is 0.507. The zero-order valence-corrected chi connectivity index (χ0v) is 16.6. The minimum Gasteiger partial charge on any atom is -0.394 e. The van der Waals surface area contributed by atoms with Gasteiger partial charge in [-0.25, -0.2) is 27.5 Å². The monoisotopic (exact) mass is 436 g/mol. The largest absolute Gasteiger partial charge is 0.394 e. The van der Waals surface area contributed by atoms with Crippen molar-refractivity contribution in [3.8, 4) is 0 Å². The number of nitrogens with one attached hydrogen (secondary N) is 2. The van der Waals surface area contributed by atoms with E-state index >= 15 is 0 Å². The third kappa shape index (κ3) is 5.89. The lowest BCUT2D eigenvalue weighted by Crippen LogP contribution is -2.49. The van der Waals surface area contributed by atoms with Gasteiger partial charge in [-0.1, -0.05) is 12.2 Å². The molecule has 30 heavy (non-hydrogen) atoms. The maximum Gasteiger partial charge on any atom is 0.241 e. The number of carbonyl (C=O) groups is 1. The summed E-state index contributed by atoms with van der Waals surface area (Å²) in [5.41, 5.74) is 0.655. The van der Waals surface area contributed by atoms with Crippen LogP contribution in [-0.2, 0) is 26.1 Å². The van der Waals surface area contributed by atoms with Crippen LogP contribution in [0.1, 0.15) is 12.1 Å². The molecule has 1 aliphatic rings. The number of halogens is 1. The summed E-state index contributed by atoms with van der Waals surface area (Å²) in [6.07, 6.45) is 4.54. The van der Waals surface area contributed by atoms with Gasteiger partial charge in [0.25, 0.3) is 0 Å². The molecule has 3 N–H and O–H groups in total. The van der Waals surface area contributed by atoms with Crippen LogP contribution in [0.2, 0.25) is 0 Å². The lowest BCUT2D eigenvalue weighted by Gasteiger charge is -2.31. The van der Waals surface area contributed by atoms with Crippen LogP contribution >= 0.6 is 0 Å². The first-order valence-electron chi connectivity index (χ1n) is 9.11. The van der Waals surface area contributed by atoms with Crippen LogP contribution in [0.15, 0.2) is 59.9 Å². The maximum atomic E-state index is 13.0. The molecule has 0 spiro atoms. The molecule has 0 bridgehead atoms. The van der Waals surface area contributed by atoms with Crippen LogP contribution in [-0.4, -0.2) is 54.3 Å². The average Bonchev–Trinajstić information content (AvgIpc) is 2.74. The first-order chi connectivity index (χ1) is 14.4. The van der Waals surface area contributed by atoms with E-state index in [9.17, 15) is 22.7 Å². The Morgan fingerprint density at radius 2 is 1.97 bits per heavy atom. The Morgan fingerprint density at radius 1 is 1.20 bits per heavy atom. The first kappa shape index (κ1) is 22.0. The number of rotatable bonds is 8. The van der Waals surface area contributed by atoms with Gasteiger partial charge in [0, 0.05) is 6.20 Å². The molecule has 9 nitrogen and oxygen atoms in total. The van der Waals surface area contributed by atoms with Crippen LogP contribution in [0.5, 0.6) is 0 Å². The molecule has 1 aromatic carbocycles. The minimum atomic E-state index is -3.95. The van der Waals surface area contributed by atoms with Crippen molar-refractivity contribution in [2.45, 2.75) is 36.1 Å². The fourth-order valence-electron chi connectivity index (χ4n) is 2.84. The molecule has 0 unspecified atom stereocenters. The molecule has 0 fully saturated rings. The number of nitrogens with zero attached hydrogens (tertiary/aromatic N) is 2. The Hall–Kier alpha value is -2.73. The molecular weight excluding hydrogens is 415 g/mol. The molecule has 2 aromatic rings. The van der Waals surface area contributed by atoms with E-state index in [0.717, 1.165) is 24.3 Å². The molecule has 0 saturated carbocycles. The summed E-state index contributed by atoms with van der Waals surface area (Å²) in [6.45, 7) is -0.221. The predicted molar refractivity (Wildman–Crippen MR) is 104 cm³/mol. The molecule has 1 aromatic heterocycles. The van der Waals surface area contributed by atoms with Crippen molar-refractivity contribution in [2.75, 3.05) is 6.61 Å². The van der Waals surface area contributed by atoms with E-state index in [-0.39, 0.29) is 23.8 Å². The molecule has 1 aliphatic heterocycles. The van der Waals surface area contributed by atoms with Crippen molar-refractivity contribution in [3.63, 3.8) is 0 Å². The van der Waals surface area contributed by atoms with Crippen molar-refractivity contribution in [3.05, 3.63) is 66.5 Å². The highest BCUT2D eigenvalue weighted by molar-refractivity contribution is 7.89. The second-order valence-electron chi connectivity index (χ2n) is 6.56. The highest BCUT2D eigenvalue weighted by Crippen LogP contribution is 2.18. The second kappa shape index (κ2) is 9.85. The number of benzene rings is 1. The summed E-state index contributed by atoms with van der Waals surface area (Å²) in [5, 5.41) is 12.3. The van der Waals surface area contributed by atoms with Crippen LogP contribution in [0, 0.1) is 5.82 Å². The molecule has 3 atom stereocenters. The number of hydrogen-bond acceptors (Lipinski definition) is 7. The highest BCUT2D eigenvalue weighted by Gasteiger charge is 2.31. The summed E-state index contributed by atoms with van der Waals surface area (Å²) in [5.74, 6) is -0.839. The molecule has 2 heterocycles. The van der Waals surface area contributed by atoms with Crippen molar-refractivity contribution in [2.24, 2.45) is 0 Å². The lowest BCUT2D eigenvalue weighted by molar-refractivity contribution is -0.125. The molecule has 0 radical (unpaired) electrons. The SMILES string of the molecule is O=C(C[C@@H]1C=C[C@H](NS(=O)(=O)c2ccc(F)cc2)[C@@H](CO)O1)NCc1ccncn1. The van der Waals surface area contributed by atoms with Gasteiger partial charge in [0.05, 0.1) is 42.3 Å². The van der Waals surface area contributed by atoms with Gasteiger partial charge in [0.15, 0.2) is 0 Å². The van der Waals surface area contributed by atoms with Crippen molar-refractivity contribution in [1.82, 2.24) is 20.0 Å². The third-order valence-corrected chi connectivity index (χ3v) is 5.85. The summed E-state index contributed by atoms with van der Waals surface area (Å²) in [6, 6.07) is 5.21. The molecule has 0 saturated heterocycles. The third-order valence-electron chi connectivity index (χ3n) is 4.37. The Balaban J connectivity index is 1.58. The summed E-state index contributed by atoms with van der Waals surface area (Å²) < 4.78 is 46.1. The lowest BCUT2D eigenvalue weighted by atomic mass is 10.1. The molecule has 160 valence electrons. The number of aliphatic hydroxyl groups is 1. The zero-order chi connectivity index (χ0) is 21.6. The first-order valence-corrected chi connectivity index (χ1v) is 10.6. The van der Waals surface area contributed by atoms with Gasteiger partial charge in [-0.05, 0) is 30.3 Å². The van der Waals surface area contributed by atoms with Gasteiger partial charge in [-0.2, -0.15) is 0 Å². The molecule has 1 amide bonds. The fourth-order valence-corrected chi connectivity index (χ4v) is 4.06. The second-order valence-corrected chi connectivity index (χ2v) is 8.28. The van der Waals surface area contributed by atoms with Crippen molar-refractivity contribution < 1.29 is 27.4 Å². The van der Waals surface area contributed by atoms with Gasteiger partial charge in [0.1, 0.15) is 18.2 Å². The van der Waals surface area contributed by atoms with Crippen LogP contribution in [0.3, 0.4) is 0 Å². The Kier molecular flexibility index (Phi) is 7.21. The maximum absolute atomic E-state index is 13.0. The van der Waals surface area contributed by atoms with Gasteiger partial charge >= 0.3 is 0 Å². The topological polar surface area (TPSA) is 131 Å². The van der Waals surface area contributed by atoms with Gasteiger partial charge < -0.3 is 15.2 Å². The van der Waals surface area contributed by atoms with E-state index in [4.69, 9.17) is 4.74 Å². The van der Waals surface area contributed by atoms with E-state index < -0.39 is 40.7 Å². The molecule has 3 rings (SSSR count). The van der Waals surface area contributed by atoms with Crippen LogP contribution in [0.4, 0.5) is 4.39 Å². The van der Waals surface area contributed by atoms with Gasteiger partial charge in [-0.3, -0.25) is 4.79 Å². The predicted octanol–water partition coefficient (Wildman–Crippen LogP) is 0.285. The fraction of sp³-hybridized carbons (Fsp3) is 0.316. The van der Waals surface area contributed by atoms with E-state index in [1.165, 1.54) is 12.4 Å². The standard InChI is InChI=1S/C19H21FN4O5S/c20-13-1-4-16(5-2-13)30(27,28)24-17-6-3-15(29-18(17)11-25)9-19(26)22-10-14-7-8-21-12-23-14/h1-8,12,15,17-18,24-25H,9-11H2,(H,22,26)/t15-,17-,18+/m0/s1. The minimum absolute atomic E-state index is 0.00445. The van der Waals surface area contributed by atoms with Gasteiger partial charge in [-0.15, -0.1) is 0 Å². The van der Waals surface area contributed by atoms with Crippen molar-refractivity contribution in [1.29, 1.82) is 0 Å². The van der Waals surface area contributed by atoms with Crippen LogP contribution in [0.25, 0.3) is 0 Å². The smallest absolute Gasteiger partial charge is 0.241 e. The van der Waals surface area contributed by atoms with E-state index in [2.05, 4.69) is 20.0 Å². The number of amides is 1. The number of ether oxygens (including phenoxy) is 1. The average molecular weight is 436 g/mol. The number of hydrogen-bond donors (Lipinski definition) is 3. The van der Waals surface area contributed by atoms with E-state index in [0.29, 0.717) is 5.69 Å². The number of sulfonamides is 1. The normalized spacial score (nSPS) is 21.3. The Labute approximate surface area is 173 Å². The van der Waals surface area contributed by atoms with Crippen molar-refractivity contribution >= 4 is 15.9 Å². The summed E-state index contributed by atoms with van der Waals surface area (Å²) in [7, 11) is -3.95. The zero-order valence-electron chi connectivity index (χ0n) is 15.8. The van der Waals surface area contributed by atoms with Gasteiger partial charge in [0.2, 0.25) is 15.9 Å².